The van der Waals surface area contributed by atoms with Gasteiger partial charge in [0.15, 0.2) is 0 Å². The molecule has 0 saturated carbocycles. The Morgan fingerprint density at radius 3 is 2.08 bits per heavy atom. The Bertz CT molecular complexity index is 884. The monoisotopic (exact) mass is 337 g/mol. The van der Waals surface area contributed by atoms with Crippen molar-refractivity contribution in [2.45, 2.75) is 4.90 Å². The van der Waals surface area contributed by atoms with Crippen LogP contribution in [0.2, 0.25) is 0 Å². The summed E-state index contributed by atoms with van der Waals surface area (Å²) in [6, 6.07) is 21.1. The molecule has 24 heavy (non-hydrogen) atoms. The maximum atomic E-state index is 12.4. The maximum absolute atomic E-state index is 12.4. The fourth-order valence-electron chi connectivity index (χ4n) is 2.15. The van der Waals surface area contributed by atoms with Gasteiger partial charge in [0, 0.05) is 23.5 Å². The molecule has 1 aromatic heterocycles. The predicted molar refractivity (Wildman–Crippen MR) is 93.1 cm³/mol. The van der Waals surface area contributed by atoms with Crippen LogP contribution in [-0.4, -0.2) is 19.1 Å². The zero-order valence-corrected chi connectivity index (χ0v) is 13.5. The first-order valence-electron chi connectivity index (χ1n) is 7.27. The molecule has 5 nitrogen and oxygen atoms in total. The van der Waals surface area contributed by atoms with Crippen LogP contribution in [0.3, 0.4) is 0 Å². The molecule has 0 saturated heterocycles. The van der Waals surface area contributed by atoms with Crippen molar-refractivity contribution in [1.82, 2.24) is 9.82 Å². The van der Waals surface area contributed by atoms with Crippen LogP contribution in [0.15, 0.2) is 95.2 Å². The first-order chi connectivity index (χ1) is 11.7. The van der Waals surface area contributed by atoms with Crippen LogP contribution in [0.5, 0.6) is 0 Å². The lowest BCUT2D eigenvalue weighted by molar-refractivity contribution is 0.584. The summed E-state index contributed by atoms with van der Waals surface area (Å²) >= 11 is 0. The Labute approximate surface area is 140 Å². The molecule has 0 spiro atoms. The average molecular weight is 337 g/mol. The molecule has 0 radical (unpaired) electrons. The average Bonchev–Trinajstić information content (AvgIpc) is 2.64. The molecule has 0 fully saturated rings. The van der Waals surface area contributed by atoms with Crippen molar-refractivity contribution in [3.63, 3.8) is 0 Å². The Hall–Kier alpha value is -2.99. The smallest absolute Gasteiger partial charge is 0.264 e. The minimum atomic E-state index is -3.73. The van der Waals surface area contributed by atoms with Gasteiger partial charge in [0.25, 0.3) is 10.0 Å². The highest BCUT2D eigenvalue weighted by atomic mass is 32.2. The van der Waals surface area contributed by atoms with E-state index in [4.69, 9.17) is 0 Å². The summed E-state index contributed by atoms with van der Waals surface area (Å²) in [4.78, 5) is 6.54. The molecular weight excluding hydrogens is 322 g/mol. The molecule has 2 aromatic carbocycles. The van der Waals surface area contributed by atoms with Crippen molar-refractivity contribution in [2.75, 3.05) is 0 Å². The molecule has 1 heterocycles. The van der Waals surface area contributed by atoms with Crippen molar-refractivity contribution in [2.24, 2.45) is 5.10 Å². The third kappa shape index (κ3) is 3.67. The van der Waals surface area contributed by atoms with Gasteiger partial charge in [-0.05, 0) is 24.3 Å². The van der Waals surface area contributed by atoms with E-state index in [9.17, 15) is 8.42 Å². The standard InChI is InChI=1S/C18H15N3O2S/c22-24(23,17-11-5-2-6-12-17)21-20-18(15-8-3-1-4-9-15)16-10-7-13-19-14-16/h1-14,21H/b20-18-. The molecule has 3 aromatic rings. The third-order valence-corrected chi connectivity index (χ3v) is 4.54. The first-order valence-corrected chi connectivity index (χ1v) is 8.75. The van der Waals surface area contributed by atoms with Gasteiger partial charge in [0.2, 0.25) is 0 Å². The number of aromatic nitrogens is 1. The predicted octanol–water partition coefficient (Wildman–Crippen LogP) is 2.81. The fourth-order valence-corrected chi connectivity index (χ4v) is 2.99. The molecular formula is C18H15N3O2S. The normalized spacial score (nSPS) is 11.9. The van der Waals surface area contributed by atoms with Crippen LogP contribution in [0.1, 0.15) is 11.1 Å². The SMILES string of the molecule is O=S(=O)(N/N=C(/c1ccccc1)c1cccnc1)c1ccccc1. The van der Waals surface area contributed by atoms with Crippen LogP contribution in [0, 0.1) is 0 Å². The number of hydrazone groups is 1. The van der Waals surface area contributed by atoms with Crippen molar-refractivity contribution in [3.8, 4) is 0 Å². The number of pyridine rings is 1. The van der Waals surface area contributed by atoms with Gasteiger partial charge in [-0.15, -0.1) is 0 Å². The summed E-state index contributed by atoms with van der Waals surface area (Å²) in [5.74, 6) is 0. The lowest BCUT2D eigenvalue weighted by atomic mass is 10.0. The number of nitrogens with one attached hydrogen (secondary N) is 1. The molecule has 0 aliphatic carbocycles. The molecule has 120 valence electrons. The van der Waals surface area contributed by atoms with E-state index in [1.807, 2.05) is 36.4 Å². The van der Waals surface area contributed by atoms with Gasteiger partial charge in [-0.3, -0.25) is 4.98 Å². The highest BCUT2D eigenvalue weighted by Crippen LogP contribution is 2.11. The van der Waals surface area contributed by atoms with E-state index in [0.717, 1.165) is 11.1 Å². The second-order valence-corrected chi connectivity index (χ2v) is 6.64. The minimum Gasteiger partial charge on any atom is -0.264 e. The summed E-state index contributed by atoms with van der Waals surface area (Å²) in [6.45, 7) is 0. The molecule has 1 N–H and O–H groups in total. The van der Waals surface area contributed by atoms with Crippen molar-refractivity contribution in [1.29, 1.82) is 0 Å². The number of benzene rings is 2. The largest absolute Gasteiger partial charge is 0.276 e. The molecule has 0 amide bonds. The van der Waals surface area contributed by atoms with E-state index in [1.165, 1.54) is 12.1 Å². The summed E-state index contributed by atoms with van der Waals surface area (Å²) in [7, 11) is -3.73. The molecule has 0 aliphatic rings. The minimum absolute atomic E-state index is 0.160. The Balaban J connectivity index is 1.99. The van der Waals surface area contributed by atoms with Crippen LogP contribution in [0.4, 0.5) is 0 Å². The van der Waals surface area contributed by atoms with Gasteiger partial charge in [0.05, 0.1) is 4.90 Å². The maximum Gasteiger partial charge on any atom is 0.276 e. The van der Waals surface area contributed by atoms with E-state index < -0.39 is 10.0 Å². The molecule has 0 atom stereocenters. The lowest BCUT2D eigenvalue weighted by Gasteiger charge is -2.08. The molecule has 6 heteroatoms. The van der Waals surface area contributed by atoms with E-state index in [1.54, 1.807) is 36.7 Å². The van der Waals surface area contributed by atoms with Gasteiger partial charge < -0.3 is 0 Å². The Kier molecular flexibility index (Phi) is 4.67. The summed E-state index contributed by atoms with van der Waals surface area (Å²) in [5.41, 5.74) is 2.02. The number of nitrogens with zero attached hydrogens (tertiary/aromatic N) is 2. The molecule has 0 aliphatic heterocycles. The van der Waals surface area contributed by atoms with Crippen molar-refractivity contribution in [3.05, 3.63) is 96.3 Å². The number of sulfonamides is 1. The number of hydrogen-bond acceptors (Lipinski definition) is 4. The van der Waals surface area contributed by atoms with E-state index in [-0.39, 0.29) is 4.90 Å². The third-order valence-electron chi connectivity index (χ3n) is 3.31. The second kappa shape index (κ2) is 7.06. The van der Waals surface area contributed by atoms with Crippen LogP contribution < -0.4 is 4.83 Å². The van der Waals surface area contributed by atoms with Gasteiger partial charge in [-0.25, -0.2) is 0 Å². The summed E-state index contributed by atoms with van der Waals surface area (Å²) in [6.07, 6.45) is 3.29. The second-order valence-electron chi connectivity index (χ2n) is 4.98. The van der Waals surface area contributed by atoms with Gasteiger partial charge in [-0.1, -0.05) is 48.5 Å². The van der Waals surface area contributed by atoms with E-state index in [2.05, 4.69) is 14.9 Å². The summed E-state index contributed by atoms with van der Waals surface area (Å²) in [5, 5.41) is 4.15. The quantitative estimate of drug-likeness (QED) is 0.575. The van der Waals surface area contributed by atoms with E-state index >= 15 is 0 Å². The molecule has 0 unspecified atom stereocenters. The van der Waals surface area contributed by atoms with Gasteiger partial charge in [-0.2, -0.15) is 18.4 Å². The Morgan fingerprint density at radius 1 is 0.833 bits per heavy atom. The number of rotatable bonds is 5. The van der Waals surface area contributed by atoms with Crippen molar-refractivity contribution < 1.29 is 8.42 Å². The summed E-state index contributed by atoms with van der Waals surface area (Å²) < 4.78 is 24.7. The highest BCUT2D eigenvalue weighted by molar-refractivity contribution is 7.89. The van der Waals surface area contributed by atoms with Gasteiger partial charge in [0.1, 0.15) is 5.71 Å². The van der Waals surface area contributed by atoms with Crippen LogP contribution in [-0.2, 0) is 10.0 Å². The molecule has 0 bridgehead atoms. The number of hydrogen-bond donors (Lipinski definition) is 1. The zero-order chi connectivity index (χ0) is 16.8. The first kappa shape index (κ1) is 15.9. The van der Waals surface area contributed by atoms with Crippen molar-refractivity contribution >= 4 is 15.7 Å². The zero-order valence-electron chi connectivity index (χ0n) is 12.7. The van der Waals surface area contributed by atoms with E-state index in [0.29, 0.717) is 5.71 Å². The fraction of sp³-hybridized carbons (Fsp3) is 0. The molecule has 3 rings (SSSR count). The highest BCUT2D eigenvalue weighted by Gasteiger charge is 2.14. The topological polar surface area (TPSA) is 71.4 Å². The Morgan fingerprint density at radius 2 is 1.46 bits per heavy atom. The van der Waals surface area contributed by atoms with Crippen LogP contribution in [0.25, 0.3) is 0 Å². The van der Waals surface area contributed by atoms with Crippen LogP contribution >= 0.6 is 0 Å². The lowest BCUT2D eigenvalue weighted by Crippen LogP contribution is -2.21. The van der Waals surface area contributed by atoms with Gasteiger partial charge >= 0.3 is 0 Å².